The first kappa shape index (κ1) is 16.8. The maximum Gasteiger partial charge on any atom is 0.252 e. The molecule has 0 radical (unpaired) electrons. The van der Waals surface area contributed by atoms with E-state index in [1.165, 1.54) is 24.2 Å². The van der Waals surface area contributed by atoms with Crippen LogP contribution in [-0.4, -0.2) is 43.3 Å². The van der Waals surface area contributed by atoms with Gasteiger partial charge in [-0.15, -0.1) is 5.10 Å². The van der Waals surface area contributed by atoms with Crippen molar-refractivity contribution in [3.63, 3.8) is 0 Å². The number of aromatic amines is 1. The van der Waals surface area contributed by atoms with Gasteiger partial charge in [0.05, 0.1) is 11.4 Å². The number of aromatic nitrogens is 6. The summed E-state index contributed by atoms with van der Waals surface area (Å²) in [4.78, 5) is 21.7. The van der Waals surface area contributed by atoms with Gasteiger partial charge in [-0.25, -0.2) is 4.98 Å². The van der Waals surface area contributed by atoms with Gasteiger partial charge in [0.1, 0.15) is 0 Å². The SMILES string of the molecule is O=c1cc(CSc2nnnn2-c2ccccc2)nc(N2CCCCC2)[nH]1. The molecule has 3 heterocycles. The molecule has 0 saturated carbocycles. The molecule has 1 N–H and O–H groups in total. The van der Waals surface area contributed by atoms with Crippen LogP contribution >= 0.6 is 11.8 Å². The largest absolute Gasteiger partial charge is 0.342 e. The van der Waals surface area contributed by atoms with Crippen molar-refractivity contribution >= 4 is 17.7 Å². The Balaban J connectivity index is 1.51. The van der Waals surface area contributed by atoms with Crippen molar-refractivity contribution in [3.05, 3.63) is 52.4 Å². The van der Waals surface area contributed by atoms with E-state index in [-0.39, 0.29) is 5.56 Å². The Hall–Kier alpha value is -2.68. The molecule has 4 rings (SSSR count). The highest BCUT2D eigenvalue weighted by Crippen LogP contribution is 2.22. The van der Waals surface area contributed by atoms with Crippen LogP contribution in [0.3, 0.4) is 0 Å². The number of H-pyrrole nitrogens is 1. The van der Waals surface area contributed by atoms with E-state index in [2.05, 4.69) is 30.4 Å². The summed E-state index contributed by atoms with van der Waals surface area (Å²) in [5.74, 6) is 1.19. The zero-order valence-corrected chi connectivity index (χ0v) is 15.0. The van der Waals surface area contributed by atoms with Gasteiger partial charge in [0.2, 0.25) is 11.1 Å². The second kappa shape index (κ2) is 7.69. The van der Waals surface area contributed by atoms with E-state index in [0.29, 0.717) is 16.9 Å². The van der Waals surface area contributed by atoms with E-state index in [9.17, 15) is 4.79 Å². The summed E-state index contributed by atoms with van der Waals surface area (Å²) in [7, 11) is 0. The molecule has 0 aliphatic carbocycles. The second-order valence-electron chi connectivity index (χ2n) is 6.11. The second-order valence-corrected chi connectivity index (χ2v) is 7.05. The summed E-state index contributed by atoms with van der Waals surface area (Å²) >= 11 is 1.46. The fourth-order valence-corrected chi connectivity index (χ4v) is 3.75. The van der Waals surface area contributed by atoms with Crippen molar-refractivity contribution in [3.8, 4) is 5.69 Å². The minimum absolute atomic E-state index is 0.126. The standard InChI is InChI=1S/C17H19N7OS/c25-15-11-13(18-16(19-15)23-9-5-2-6-10-23)12-26-17-20-21-22-24(17)14-7-3-1-4-8-14/h1,3-4,7-8,11H,2,5-6,9-10,12H2,(H,18,19,25). The number of nitrogens with one attached hydrogen (secondary N) is 1. The molecule has 8 nitrogen and oxygen atoms in total. The number of thioether (sulfide) groups is 1. The van der Waals surface area contributed by atoms with Gasteiger partial charge in [-0.1, -0.05) is 30.0 Å². The maximum absolute atomic E-state index is 12.0. The van der Waals surface area contributed by atoms with Crippen molar-refractivity contribution in [1.82, 2.24) is 30.2 Å². The fourth-order valence-electron chi connectivity index (χ4n) is 2.96. The number of nitrogens with zero attached hydrogens (tertiary/aromatic N) is 6. The number of anilines is 1. The predicted molar refractivity (Wildman–Crippen MR) is 99.6 cm³/mol. The lowest BCUT2D eigenvalue weighted by atomic mass is 10.1. The lowest BCUT2D eigenvalue weighted by molar-refractivity contribution is 0.567. The quantitative estimate of drug-likeness (QED) is 0.688. The number of rotatable bonds is 5. The van der Waals surface area contributed by atoms with E-state index in [0.717, 1.165) is 37.3 Å². The third-order valence-electron chi connectivity index (χ3n) is 4.23. The number of para-hydroxylation sites is 1. The molecule has 26 heavy (non-hydrogen) atoms. The molecule has 1 aromatic carbocycles. The van der Waals surface area contributed by atoms with Crippen molar-refractivity contribution < 1.29 is 0 Å². The van der Waals surface area contributed by atoms with Crippen molar-refractivity contribution in [2.24, 2.45) is 0 Å². The topological polar surface area (TPSA) is 92.6 Å². The van der Waals surface area contributed by atoms with E-state index < -0.39 is 0 Å². The van der Waals surface area contributed by atoms with E-state index >= 15 is 0 Å². The van der Waals surface area contributed by atoms with Crippen LogP contribution in [-0.2, 0) is 5.75 Å². The first-order chi connectivity index (χ1) is 12.8. The molecular weight excluding hydrogens is 350 g/mol. The average Bonchev–Trinajstić information content (AvgIpc) is 3.16. The van der Waals surface area contributed by atoms with Crippen LogP contribution in [0.1, 0.15) is 25.0 Å². The van der Waals surface area contributed by atoms with Gasteiger partial charge in [-0.05, 0) is 41.8 Å². The normalized spacial score (nSPS) is 14.5. The van der Waals surface area contributed by atoms with Crippen molar-refractivity contribution in [2.45, 2.75) is 30.2 Å². The van der Waals surface area contributed by atoms with Crippen molar-refractivity contribution in [1.29, 1.82) is 0 Å². The Morgan fingerprint density at radius 2 is 1.92 bits per heavy atom. The molecule has 0 amide bonds. The summed E-state index contributed by atoms with van der Waals surface area (Å²) in [5.41, 5.74) is 1.49. The third kappa shape index (κ3) is 3.77. The summed E-state index contributed by atoms with van der Waals surface area (Å²) < 4.78 is 1.68. The van der Waals surface area contributed by atoms with E-state index in [4.69, 9.17) is 0 Å². The zero-order valence-electron chi connectivity index (χ0n) is 14.2. The summed E-state index contributed by atoms with van der Waals surface area (Å²) in [6.45, 7) is 1.87. The van der Waals surface area contributed by atoms with Gasteiger partial charge in [0.25, 0.3) is 5.56 Å². The van der Waals surface area contributed by atoms with Gasteiger partial charge in [0, 0.05) is 24.9 Å². The molecular formula is C17H19N7OS. The summed E-state index contributed by atoms with van der Waals surface area (Å²) in [6, 6.07) is 11.3. The molecule has 1 aliphatic heterocycles. The molecule has 1 saturated heterocycles. The van der Waals surface area contributed by atoms with E-state index in [1.54, 1.807) is 4.68 Å². The minimum Gasteiger partial charge on any atom is -0.342 e. The number of piperidine rings is 1. The van der Waals surface area contributed by atoms with Gasteiger partial charge >= 0.3 is 0 Å². The van der Waals surface area contributed by atoms with Gasteiger partial charge in [-0.2, -0.15) is 4.68 Å². The Morgan fingerprint density at radius 1 is 1.12 bits per heavy atom. The number of tetrazole rings is 1. The highest BCUT2D eigenvalue weighted by molar-refractivity contribution is 7.98. The van der Waals surface area contributed by atoms with Crippen LogP contribution in [0.5, 0.6) is 0 Å². The molecule has 1 fully saturated rings. The predicted octanol–water partition coefficient (Wildman–Crippen LogP) is 2.03. The molecule has 0 spiro atoms. The molecule has 9 heteroatoms. The van der Waals surface area contributed by atoms with E-state index in [1.807, 2.05) is 30.3 Å². The highest BCUT2D eigenvalue weighted by atomic mass is 32.2. The summed E-state index contributed by atoms with van der Waals surface area (Å²) in [5, 5.41) is 12.6. The lowest BCUT2D eigenvalue weighted by Gasteiger charge is -2.27. The van der Waals surface area contributed by atoms with Crippen LogP contribution in [0, 0.1) is 0 Å². The molecule has 0 atom stereocenters. The number of benzene rings is 1. The van der Waals surface area contributed by atoms with Crippen LogP contribution in [0.4, 0.5) is 5.95 Å². The van der Waals surface area contributed by atoms with Crippen LogP contribution in [0.15, 0.2) is 46.3 Å². The van der Waals surface area contributed by atoms with Crippen LogP contribution in [0.25, 0.3) is 5.69 Å². The Morgan fingerprint density at radius 3 is 2.73 bits per heavy atom. The number of hydrogen-bond acceptors (Lipinski definition) is 7. The Labute approximate surface area is 154 Å². The van der Waals surface area contributed by atoms with Crippen molar-refractivity contribution in [2.75, 3.05) is 18.0 Å². The Kier molecular flexibility index (Phi) is 4.96. The van der Waals surface area contributed by atoms with Gasteiger partial charge in [0.15, 0.2) is 0 Å². The van der Waals surface area contributed by atoms with Gasteiger partial charge in [-0.3, -0.25) is 9.78 Å². The summed E-state index contributed by atoms with van der Waals surface area (Å²) in [6.07, 6.45) is 3.50. The number of hydrogen-bond donors (Lipinski definition) is 1. The monoisotopic (exact) mass is 369 g/mol. The fraction of sp³-hybridized carbons (Fsp3) is 0.353. The van der Waals surface area contributed by atoms with Crippen LogP contribution < -0.4 is 10.5 Å². The molecule has 134 valence electrons. The minimum atomic E-state index is -0.126. The lowest BCUT2D eigenvalue weighted by Crippen LogP contribution is -2.32. The highest BCUT2D eigenvalue weighted by Gasteiger charge is 2.15. The average molecular weight is 369 g/mol. The maximum atomic E-state index is 12.0. The molecule has 3 aromatic rings. The molecule has 2 aromatic heterocycles. The zero-order chi connectivity index (χ0) is 17.8. The smallest absolute Gasteiger partial charge is 0.252 e. The third-order valence-corrected chi connectivity index (χ3v) is 5.18. The molecule has 1 aliphatic rings. The van der Waals surface area contributed by atoms with Crippen LogP contribution in [0.2, 0.25) is 0 Å². The first-order valence-corrected chi connectivity index (χ1v) is 9.60. The Bertz CT molecular complexity index is 918. The molecule has 0 bridgehead atoms. The molecule has 0 unspecified atom stereocenters. The first-order valence-electron chi connectivity index (χ1n) is 8.61. The van der Waals surface area contributed by atoms with Gasteiger partial charge < -0.3 is 4.90 Å².